The number of aromatic nitrogens is 1. The summed E-state index contributed by atoms with van der Waals surface area (Å²) in [6.07, 6.45) is 0. The maximum Gasteiger partial charge on any atom is 0.261 e. The molecule has 0 bridgehead atoms. The van der Waals surface area contributed by atoms with Crippen LogP contribution in [-0.4, -0.2) is 24.4 Å². The number of carbonyl (C=O) groups is 1. The molecule has 0 saturated carbocycles. The van der Waals surface area contributed by atoms with Gasteiger partial charge in [0.05, 0.1) is 16.3 Å². The molecule has 0 aliphatic carbocycles. The minimum absolute atomic E-state index is 0.175. The number of aromatic hydroxyl groups is 1. The summed E-state index contributed by atoms with van der Waals surface area (Å²) >= 11 is 5.90. The van der Waals surface area contributed by atoms with Crippen molar-refractivity contribution in [3.8, 4) is 17.0 Å². The average Bonchev–Trinajstić information content (AvgIpc) is 2.80. The highest BCUT2D eigenvalue weighted by atomic mass is 35.5. The molecule has 172 valence electrons. The van der Waals surface area contributed by atoms with E-state index in [0.29, 0.717) is 10.7 Å². The van der Waals surface area contributed by atoms with Crippen molar-refractivity contribution in [3.63, 3.8) is 0 Å². The molecule has 34 heavy (non-hydrogen) atoms. The third kappa shape index (κ3) is 5.11. The lowest BCUT2D eigenvalue weighted by molar-refractivity contribution is 0.102. The molecule has 4 aromatic rings. The smallest absolute Gasteiger partial charge is 0.261 e. The topological polar surface area (TPSA) is 128 Å². The molecular weight excluding hydrogens is 478 g/mol. The monoisotopic (exact) mass is 495 g/mol. The zero-order valence-electron chi connectivity index (χ0n) is 17.4. The number of benzene rings is 3. The molecule has 4 N–H and O–H groups in total. The van der Waals surface area contributed by atoms with Gasteiger partial charge in [-0.3, -0.25) is 14.3 Å². The SMILES string of the molecule is O=C(Nc1cc(S(=O)(=O)Nc2cccc(Cl)c2)ccc1O)c1ccc(-c2ccccc2)[nH]c1=O. The Kier molecular flexibility index (Phi) is 6.40. The minimum Gasteiger partial charge on any atom is -0.506 e. The Morgan fingerprint density at radius 2 is 1.68 bits per heavy atom. The van der Waals surface area contributed by atoms with Gasteiger partial charge in [0.2, 0.25) is 0 Å². The van der Waals surface area contributed by atoms with E-state index >= 15 is 0 Å². The first kappa shape index (κ1) is 23.1. The highest BCUT2D eigenvalue weighted by molar-refractivity contribution is 7.92. The van der Waals surface area contributed by atoms with E-state index in [4.69, 9.17) is 11.6 Å². The van der Waals surface area contributed by atoms with Gasteiger partial charge in [0.15, 0.2) is 0 Å². The predicted molar refractivity (Wildman–Crippen MR) is 131 cm³/mol. The Bertz CT molecular complexity index is 1540. The van der Waals surface area contributed by atoms with E-state index in [1.54, 1.807) is 18.2 Å². The quantitative estimate of drug-likeness (QED) is 0.294. The Morgan fingerprint density at radius 3 is 2.38 bits per heavy atom. The summed E-state index contributed by atoms with van der Waals surface area (Å²) in [6, 6.07) is 21.6. The van der Waals surface area contributed by atoms with Gasteiger partial charge in [-0.2, -0.15) is 0 Å². The van der Waals surface area contributed by atoms with Crippen LogP contribution in [0.3, 0.4) is 0 Å². The van der Waals surface area contributed by atoms with Crippen LogP contribution in [0.5, 0.6) is 5.75 Å². The number of rotatable bonds is 6. The van der Waals surface area contributed by atoms with E-state index < -0.39 is 21.5 Å². The van der Waals surface area contributed by atoms with Crippen molar-refractivity contribution in [1.29, 1.82) is 0 Å². The van der Waals surface area contributed by atoms with Crippen LogP contribution in [0.25, 0.3) is 11.3 Å². The molecule has 0 spiro atoms. The first-order chi connectivity index (χ1) is 16.2. The summed E-state index contributed by atoms with van der Waals surface area (Å²) < 4.78 is 27.9. The molecule has 1 amide bonds. The standard InChI is InChI=1S/C24H18ClN3O5S/c25-16-7-4-8-17(13-16)28-34(32,33)18-9-12-22(29)21(14-18)27-24(31)19-10-11-20(26-23(19)30)15-5-2-1-3-6-15/h1-14,28-29H,(H,26,30)(H,27,31). The summed E-state index contributed by atoms with van der Waals surface area (Å²) in [5, 5.41) is 12.9. The lowest BCUT2D eigenvalue weighted by atomic mass is 10.1. The largest absolute Gasteiger partial charge is 0.506 e. The number of carbonyl (C=O) groups excluding carboxylic acids is 1. The van der Waals surface area contributed by atoms with Gasteiger partial charge in [0, 0.05) is 10.7 Å². The maximum absolute atomic E-state index is 12.8. The lowest BCUT2D eigenvalue weighted by Gasteiger charge is -2.12. The number of halogens is 1. The number of aromatic amines is 1. The molecule has 1 aromatic heterocycles. The van der Waals surface area contributed by atoms with Crippen LogP contribution in [0.2, 0.25) is 5.02 Å². The van der Waals surface area contributed by atoms with Gasteiger partial charge in [-0.25, -0.2) is 8.42 Å². The van der Waals surface area contributed by atoms with Crippen LogP contribution in [0.1, 0.15) is 10.4 Å². The molecule has 0 aliphatic rings. The Hall–Kier alpha value is -4.08. The van der Waals surface area contributed by atoms with Crippen molar-refractivity contribution in [1.82, 2.24) is 4.98 Å². The Morgan fingerprint density at radius 1 is 0.912 bits per heavy atom. The summed E-state index contributed by atoms with van der Waals surface area (Å²) in [7, 11) is -4.05. The van der Waals surface area contributed by atoms with Crippen molar-refractivity contribution in [2.75, 3.05) is 10.0 Å². The number of phenolic OH excluding ortho intramolecular Hbond substituents is 1. The molecule has 0 radical (unpaired) electrons. The minimum atomic E-state index is -4.05. The van der Waals surface area contributed by atoms with Crippen molar-refractivity contribution in [2.45, 2.75) is 4.90 Å². The lowest BCUT2D eigenvalue weighted by Crippen LogP contribution is -2.23. The van der Waals surface area contributed by atoms with Crippen LogP contribution in [0, 0.1) is 0 Å². The number of amides is 1. The van der Waals surface area contributed by atoms with Crippen molar-refractivity contribution in [2.24, 2.45) is 0 Å². The third-order valence-corrected chi connectivity index (χ3v) is 6.46. The van der Waals surface area contributed by atoms with Gasteiger partial charge >= 0.3 is 0 Å². The number of phenols is 1. The molecular formula is C24H18ClN3O5S. The van der Waals surface area contributed by atoms with E-state index in [-0.39, 0.29) is 27.6 Å². The molecule has 0 fully saturated rings. The molecule has 0 saturated heterocycles. The van der Waals surface area contributed by atoms with E-state index in [1.165, 1.54) is 24.3 Å². The molecule has 3 aromatic carbocycles. The second-order valence-electron chi connectivity index (χ2n) is 7.23. The van der Waals surface area contributed by atoms with Gasteiger partial charge in [0.1, 0.15) is 11.3 Å². The van der Waals surface area contributed by atoms with E-state index in [0.717, 1.165) is 17.7 Å². The van der Waals surface area contributed by atoms with Crippen LogP contribution < -0.4 is 15.6 Å². The highest BCUT2D eigenvalue weighted by Crippen LogP contribution is 2.28. The molecule has 4 rings (SSSR count). The zero-order valence-corrected chi connectivity index (χ0v) is 19.0. The van der Waals surface area contributed by atoms with Gasteiger partial charge in [-0.1, -0.05) is 48.0 Å². The fourth-order valence-corrected chi connectivity index (χ4v) is 4.44. The van der Waals surface area contributed by atoms with Crippen LogP contribution in [0.15, 0.2) is 94.6 Å². The van der Waals surface area contributed by atoms with E-state index in [9.17, 15) is 23.1 Å². The van der Waals surface area contributed by atoms with Gasteiger partial charge in [-0.05, 0) is 54.1 Å². The number of sulfonamides is 1. The Balaban J connectivity index is 1.58. The number of hydrogen-bond donors (Lipinski definition) is 4. The van der Waals surface area contributed by atoms with Gasteiger partial charge in [0.25, 0.3) is 21.5 Å². The molecule has 0 unspecified atom stereocenters. The molecule has 10 heteroatoms. The normalized spacial score (nSPS) is 11.1. The molecule has 1 heterocycles. The van der Waals surface area contributed by atoms with Crippen molar-refractivity contribution >= 4 is 38.9 Å². The summed E-state index contributed by atoms with van der Waals surface area (Å²) in [5.74, 6) is -1.18. The second-order valence-corrected chi connectivity index (χ2v) is 9.35. The molecule has 8 nitrogen and oxygen atoms in total. The van der Waals surface area contributed by atoms with Crippen molar-refractivity contribution < 1.29 is 18.3 Å². The summed E-state index contributed by atoms with van der Waals surface area (Å²) in [5.41, 5.74) is 0.537. The van der Waals surface area contributed by atoms with Gasteiger partial charge < -0.3 is 15.4 Å². The van der Waals surface area contributed by atoms with Crippen molar-refractivity contribution in [3.05, 3.63) is 106 Å². The summed E-state index contributed by atoms with van der Waals surface area (Å²) in [4.78, 5) is 27.6. The van der Waals surface area contributed by atoms with Gasteiger partial charge in [-0.15, -0.1) is 0 Å². The summed E-state index contributed by atoms with van der Waals surface area (Å²) in [6.45, 7) is 0. The number of hydrogen-bond acceptors (Lipinski definition) is 5. The van der Waals surface area contributed by atoms with Crippen LogP contribution in [-0.2, 0) is 10.0 Å². The predicted octanol–water partition coefficient (Wildman–Crippen LogP) is 4.45. The number of H-pyrrole nitrogens is 1. The van der Waals surface area contributed by atoms with E-state index in [2.05, 4.69) is 15.0 Å². The second kappa shape index (κ2) is 9.42. The Labute approximate surface area is 199 Å². The first-order valence-electron chi connectivity index (χ1n) is 9.94. The fourth-order valence-electron chi connectivity index (χ4n) is 3.18. The maximum atomic E-state index is 12.8. The number of anilines is 2. The fraction of sp³-hybridized carbons (Fsp3) is 0. The molecule has 0 aliphatic heterocycles. The third-order valence-electron chi connectivity index (χ3n) is 4.84. The number of nitrogens with one attached hydrogen (secondary N) is 3. The highest BCUT2D eigenvalue weighted by Gasteiger charge is 2.19. The first-order valence-corrected chi connectivity index (χ1v) is 11.8. The van der Waals surface area contributed by atoms with Crippen LogP contribution in [0.4, 0.5) is 11.4 Å². The average molecular weight is 496 g/mol. The van der Waals surface area contributed by atoms with E-state index in [1.807, 2.05) is 30.3 Å². The van der Waals surface area contributed by atoms with Crippen LogP contribution >= 0.6 is 11.6 Å². The number of pyridine rings is 1. The zero-order chi connectivity index (χ0) is 24.3. The molecule has 0 atom stereocenters.